The number of anilines is 1. The van der Waals surface area contributed by atoms with Crippen LogP contribution < -0.4 is 9.03 Å². The van der Waals surface area contributed by atoms with Crippen LogP contribution in [-0.2, 0) is 37.9 Å². The van der Waals surface area contributed by atoms with Gasteiger partial charge in [0.05, 0.1) is 5.25 Å². The fourth-order valence-electron chi connectivity index (χ4n) is 5.10. The fourth-order valence-corrected chi connectivity index (χ4v) is 8.17. The highest BCUT2D eigenvalue weighted by Gasteiger charge is 2.45. The molecule has 2 saturated heterocycles. The van der Waals surface area contributed by atoms with Gasteiger partial charge in [-0.05, 0) is 67.6 Å². The zero-order valence-corrected chi connectivity index (χ0v) is 18.4. The first-order chi connectivity index (χ1) is 14.6. The van der Waals surface area contributed by atoms with Gasteiger partial charge in [0.15, 0.2) is 5.82 Å². The standard InChI is InChI=1S/C19H24FN3O6S2/c20-18-15-7-11(13-5-6-22(9-13)30(26,27)14-3-4-14)1-2-12(15)8-16(24)19(18)23-10-17(25)21-31(23,28)29/h8,11,13-14,24H,1-7,9-10H2,(H,21,25)/t11-,13+/m0/s1. The van der Waals surface area contributed by atoms with Gasteiger partial charge < -0.3 is 5.11 Å². The summed E-state index contributed by atoms with van der Waals surface area (Å²) in [5, 5.41) is 10.1. The number of benzene rings is 1. The van der Waals surface area contributed by atoms with E-state index in [4.69, 9.17) is 0 Å². The molecule has 3 fully saturated rings. The van der Waals surface area contributed by atoms with Gasteiger partial charge in [0, 0.05) is 13.1 Å². The second-order valence-corrected chi connectivity index (χ2v) is 12.7. The van der Waals surface area contributed by atoms with Crippen LogP contribution in [0.2, 0.25) is 0 Å². The van der Waals surface area contributed by atoms with E-state index < -0.39 is 49.9 Å². The number of aromatic hydroxyl groups is 1. The normalized spacial score (nSPS) is 28.5. The number of rotatable bonds is 4. The molecule has 31 heavy (non-hydrogen) atoms. The molecule has 2 atom stereocenters. The Kier molecular flexibility index (Phi) is 4.76. The third-order valence-corrected chi connectivity index (χ3v) is 10.6. The molecule has 1 aromatic rings. The number of fused-ring (bicyclic) bond motifs is 1. The molecule has 2 heterocycles. The van der Waals surface area contributed by atoms with Gasteiger partial charge in [-0.15, -0.1) is 0 Å². The quantitative estimate of drug-likeness (QED) is 0.661. The number of nitrogens with one attached hydrogen (secondary N) is 1. The maximum absolute atomic E-state index is 15.5. The van der Waals surface area contributed by atoms with Gasteiger partial charge >= 0.3 is 10.2 Å². The number of halogens is 1. The Hall–Kier alpha value is -1.92. The molecule has 1 amide bonds. The second-order valence-electron chi connectivity index (χ2n) is 8.89. The summed E-state index contributed by atoms with van der Waals surface area (Å²) < 4.78 is 68.8. The molecule has 0 aromatic heterocycles. The van der Waals surface area contributed by atoms with Crippen molar-refractivity contribution in [2.24, 2.45) is 11.8 Å². The average molecular weight is 474 g/mol. The summed E-state index contributed by atoms with van der Waals surface area (Å²) in [7, 11) is -7.49. The van der Waals surface area contributed by atoms with E-state index in [2.05, 4.69) is 0 Å². The average Bonchev–Trinajstić information content (AvgIpc) is 3.37. The Bertz CT molecular complexity index is 1170. The van der Waals surface area contributed by atoms with Crippen LogP contribution in [-0.4, -0.2) is 57.0 Å². The molecule has 5 rings (SSSR count). The van der Waals surface area contributed by atoms with E-state index in [9.17, 15) is 26.7 Å². The van der Waals surface area contributed by atoms with Crippen molar-refractivity contribution < 1.29 is 31.1 Å². The van der Waals surface area contributed by atoms with Gasteiger partial charge in [0.2, 0.25) is 10.0 Å². The van der Waals surface area contributed by atoms with Crippen molar-refractivity contribution in [2.45, 2.75) is 43.8 Å². The van der Waals surface area contributed by atoms with Crippen molar-refractivity contribution in [3.8, 4) is 5.75 Å². The molecule has 9 nitrogen and oxygen atoms in total. The first-order valence-electron chi connectivity index (χ1n) is 10.4. The van der Waals surface area contributed by atoms with Crippen molar-refractivity contribution in [3.63, 3.8) is 0 Å². The lowest BCUT2D eigenvalue weighted by atomic mass is 9.76. The largest absolute Gasteiger partial charge is 0.506 e. The molecule has 12 heteroatoms. The number of nitrogens with zero attached hydrogens (tertiary/aromatic N) is 2. The molecule has 1 saturated carbocycles. The summed E-state index contributed by atoms with van der Waals surface area (Å²) >= 11 is 0. The molecule has 0 unspecified atom stereocenters. The summed E-state index contributed by atoms with van der Waals surface area (Å²) in [6.45, 7) is 0.325. The van der Waals surface area contributed by atoms with Gasteiger partial charge in [0.1, 0.15) is 18.0 Å². The SMILES string of the molecule is O=C1CN(c2c(O)cc3c(c2F)C[C@@H]([C@@H]2CCN(S(=O)(=O)C4CC4)C2)CC3)S(=O)(=O)N1. The molecule has 4 aliphatic rings. The lowest BCUT2D eigenvalue weighted by Gasteiger charge is -2.31. The first kappa shape index (κ1) is 21.0. The van der Waals surface area contributed by atoms with Gasteiger partial charge in [-0.2, -0.15) is 8.42 Å². The van der Waals surface area contributed by atoms with Crippen LogP contribution in [0.4, 0.5) is 10.1 Å². The lowest BCUT2D eigenvalue weighted by Crippen LogP contribution is -2.33. The maximum Gasteiger partial charge on any atom is 0.326 e. The van der Waals surface area contributed by atoms with Crippen LogP contribution in [0.25, 0.3) is 0 Å². The van der Waals surface area contributed by atoms with Gasteiger partial charge in [-0.1, -0.05) is 0 Å². The van der Waals surface area contributed by atoms with Crippen molar-refractivity contribution in [2.75, 3.05) is 23.9 Å². The molecule has 2 aliphatic carbocycles. The number of phenols is 1. The number of phenolic OH excluding ortho intramolecular Hbond substituents is 1. The van der Waals surface area contributed by atoms with Gasteiger partial charge in [0.25, 0.3) is 5.91 Å². The smallest absolute Gasteiger partial charge is 0.326 e. The zero-order valence-electron chi connectivity index (χ0n) is 16.8. The van der Waals surface area contributed by atoms with Crippen molar-refractivity contribution in [1.82, 2.24) is 9.03 Å². The fraction of sp³-hybridized carbons (Fsp3) is 0.632. The zero-order chi connectivity index (χ0) is 22.1. The number of hydrogen-bond donors (Lipinski definition) is 2. The summed E-state index contributed by atoms with van der Waals surface area (Å²) in [4.78, 5) is 11.6. The minimum absolute atomic E-state index is 0.0636. The van der Waals surface area contributed by atoms with Crippen LogP contribution in [0, 0.1) is 17.7 Å². The third kappa shape index (κ3) is 3.48. The van der Waals surface area contributed by atoms with E-state index in [1.807, 2.05) is 0 Å². The third-order valence-electron chi connectivity index (χ3n) is 6.89. The van der Waals surface area contributed by atoms with Crippen LogP contribution in [0.15, 0.2) is 6.07 Å². The van der Waals surface area contributed by atoms with Gasteiger partial charge in [-0.3, -0.25) is 4.79 Å². The van der Waals surface area contributed by atoms with Crippen LogP contribution >= 0.6 is 0 Å². The van der Waals surface area contributed by atoms with E-state index in [0.29, 0.717) is 54.2 Å². The highest BCUT2D eigenvalue weighted by atomic mass is 32.2. The molecule has 0 radical (unpaired) electrons. The van der Waals surface area contributed by atoms with Crippen molar-refractivity contribution >= 4 is 31.8 Å². The number of hydrogen-bond acceptors (Lipinski definition) is 6. The molecule has 2 N–H and O–H groups in total. The predicted molar refractivity (Wildman–Crippen MR) is 110 cm³/mol. The van der Waals surface area contributed by atoms with E-state index in [1.165, 1.54) is 6.07 Å². The summed E-state index contributed by atoms with van der Waals surface area (Å²) in [5.74, 6) is -1.97. The van der Waals surface area contributed by atoms with Gasteiger partial charge in [-0.25, -0.2) is 26.1 Å². The molecular formula is C19H24FN3O6S2. The Morgan fingerprint density at radius 2 is 1.90 bits per heavy atom. The minimum atomic E-state index is -4.26. The second kappa shape index (κ2) is 7.04. The Morgan fingerprint density at radius 3 is 2.55 bits per heavy atom. The molecule has 0 bridgehead atoms. The predicted octanol–water partition coefficient (Wildman–Crippen LogP) is 0.631. The summed E-state index contributed by atoms with van der Waals surface area (Å²) in [6, 6.07) is 1.38. The van der Waals surface area contributed by atoms with E-state index >= 15 is 4.39 Å². The maximum atomic E-state index is 15.5. The number of carbonyl (C=O) groups excluding carboxylic acids is 1. The van der Waals surface area contributed by atoms with E-state index in [0.717, 1.165) is 12.8 Å². The number of amides is 1. The molecule has 1 aromatic carbocycles. The topological polar surface area (TPSA) is 124 Å². The highest BCUT2D eigenvalue weighted by molar-refractivity contribution is 7.92. The van der Waals surface area contributed by atoms with E-state index in [1.54, 1.807) is 9.03 Å². The summed E-state index contributed by atoms with van der Waals surface area (Å²) in [6.07, 6.45) is 3.75. The minimum Gasteiger partial charge on any atom is -0.506 e. The number of sulfonamides is 1. The number of aryl methyl sites for hydroxylation is 1. The molecule has 0 spiro atoms. The Balaban J connectivity index is 1.40. The van der Waals surface area contributed by atoms with E-state index in [-0.39, 0.29) is 17.1 Å². The monoisotopic (exact) mass is 473 g/mol. The number of carbonyl (C=O) groups is 1. The first-order valence-corrected chi connectivity index (χ1v) is 13.4. The van der Waals surface area contributed by atoms with Crippen LogP contribution in [0.1, 0.15) is 36.8 Å². The molecule has 2 aliphatic heterocycles. The van der Waals surface area contributed by atoms with Crippen molar-refractivity contribution in [3.05, 3.63) is 23.0 Å². The lowest BCUT2D eigenvalue weighted by molar-refractivity contribution is -0.117. The van der Waals surface area contributed by atoms with Crippen LogP contribution in [0.3, 0.4) is 0 Å². The Morgan fingerprint density at radius 1 is 1.16 bits per heavy atom. The van der Waals surface area contributed by atoms with Crippen LogP contribution in [0.5, 0.6) is 5.75 Å². The molecule has 170 valence electrons. The Labute approximate surface area is 180 Å². The molecular weight excluding hydrogens is 449 g/mol. The van der Waals surface area contributed by atoms with Crippen molar-refractivity contribution in [1.29, 1.82) is 0 Å². The summed E-state index contributed by atoms with van der Waals surface area (Å²) in [5.41, 5.74) is 0.440. The highest BCUT2D eigenvalue weighted by Crippen LogP contribution is 2.43.